The summed E-state index contributed by atoms with van der Waals surface area (Å²) in [6, 6.07) is 3.42. The Labute approximate surface area is 208 Å². The molecular weight excluding hydrogens is 426 g/mol. The van der Waals surface area contributed by atoms with Crippen LogP contribution in [-0.2, 0) is 6.42 Å². The van der Waals surface area contributed by atoms with Crippen LogP contribution in [-0.4, -0.2) is 6.61 Å². The van der Waals surface area contributed by atoms with Gasteiger partial charge in [-0.05, 0) is 61.0 Å². The summed E-state index contributed by atoms with van der Waals surface area (Å²) in [7, 11) is 0. The van der Waals surface area contributed by atoms with Gasteiger partial charge in [0.15, 0.2) is 11.6 Å². The molecule has 194 valence electrons. The van der Waals surface area contributed by atoms with Gasteiger partial charge >= 0.3 is 0 Å². The van der Waals surface area contributed by atoms with Gasteiger partial charge in [-0.2, -0.15) is 4.39 Å². The normalized spacial score (nSPS) is 25.4. The molecule has 3 heteroatoms. The molecule has 0 bridgehead atoms. The Balaban J connectivity index is 1.37. The lowest BCUT2D eigenvalue weighted by Crippen LogP contribution is -2.20. The summed E-state index contributed by atoms with van der Waals surface area (Å²) >= 11 is 0. The maximum absolute atomic E-state index is 14.8. The predicted molar refractivity (Wildman–Crippen MR) is 139 cm³/mol. The van der Waals surface area contributed by atoms with Gasteiger partial charge < -0.3 is 4.74 Å². The van der Waals surface area contributed by atoms with Crippen molar-refractivity contribution in [1.82, 2.24) is 0 Å². The minimum absolute atomic E-state index is 0.0962. The number of hydrogen-bond acceptors (Lipinski definition) is 1. The van der Waals surface area contributed by atoms with Gasteiger partial charge in [0.25, 0.3) is 0 Å². The molecule has 1 aromatic carbocycles. The van der Waals surface area contributed by atoms with Crippen molar-refractivity contribution in [2.45, 2.75) is 129 Å². The molecular formula is C31H50F2O. The van der Waals surface area contributed by atoms with Crippen molar-refractivity contribution in [2.75, 3.05) is 6.61 Å². The highest BCUT2D eigenvalue weighted by atomic mass is 19.2. The first-order valence-corrected chi connectivity index (χ1v) is 14.7. The Morgan fingerprint density at radius 2 is 1.15 bits per heavy atom. The number of hydrogen-bond donors (Lipinski definition) is 0. The molecule has 1 nitrogen and oxygen atoms in total. The summed E-state index contributed by atoms with van der Waals surface area (Å²) in [5.41, 5.74) is 0.516. The molecule has 2 fully saturated rings. The van der Waals surface area contributed by atoms with Crippen LogP contribution >= 0.6 is 0 Å². The van der Waals surface area contributed by atoms with Crippen LogP contribution < -0.4 is 4.74 Å². The van der Waals surface area contributed by atoms with Crippen molar-refractivity contribution in [3.8, 4) is 5.75 Å². The highest BCUT2D eigenvalue weighted by molar-refractivity contribution is 5.31. The molecule has 0 aromatic heterocycles. The van der Waals surface area contributed by atoms with Gasteiger partial charge in [0.1, 0.15) is 0 Å². The number of halogens is 2. The van der Waals surface area contributed by atoms with Crippen molar-refractivity contribution in [2.24, 2.45) is 23.7 Å². The Kier molecular flexibility index (Phi) is 12.2. The van der Waals surface area contributed by atoms with Crippen LogP contribution in [0.25, 0.3) is 0 Å². The standard InChI is InChI=1S/C31H50F2O/c1-3-5-7-9-24-11-13-26(14-12-24)19-20-28-21-22-29(31(33)30(28)32)34-23-27-17-15-25(16-18-27)10-8-6-4-2/h21-22,24-27H,3-20,23H2,1-2H3/t24-,25?,26-,27?. The number of rotatable bonds is 14. The molecule has 0 unspecified atom stereocenters. The van der Waals surface area contributed by atoms with Crippen molar-refractivity contribution in [1.29, 1.82) is 0 Å². The van der Waals surface area contributed by atoms with Crippen molar-refractivity contribution < 1.29 is 13.5 Å². The Morgan fingerprint density at radius 3 is 1.68 bits per heavy atom. The highest BCUT2D eigenvalue weighted by Crippen LogP contribution is 2.36. The maximum atomic E-state index is 14.8. The molecule has 1 aromatic rings. The van der Waals surface area contributed by atoms with Gasteiger partial charge in [-0.25, -0.2) is 4.39 Å². The quantitative estimate of drug-likeness (QED) is 0.243. The first-order valence-electron chi connectivity index (χ1n) is 14.7. The van der Waals surface area contributed by atoms with Crippen LogP contribution in [0.3, 0.4) is 0 Å². The van der Waals surface area contributed by atoms with Crippen LogP contribution in [0.5, 0.6) is 5.75 Å². The molecule has 34 heavy (non-hydrogen) atoms. The van der Waals surface area contributed by atoms with Crippen LogP contribution in [0, 0.1) is 35.3 Å². The molecule has 0 radical (unpaired) electrons. The van der Waals surface area contributed by atoms with Crippen LogP contribution in [0.1, 0.15) is 129 Å². The lowest BCUT2D eigenvalue weighted by Gasteiger charge is -2.29. The zero-order valence-electron chi connectivity index (χ0n) is 22.1. The fourth-order valence-electron chi connectivity index (χ4n) is 6.31. The Bertz CT molecular complexity index is 628. The molecule has 0 aliphatic heterocycles. The molecule has 2 saturated carbocycles. The van der Waals surface area contributed by atoms with E-state index >= 15 is 0 Å². The monoisotopic (exact) mass is 476 g/mol. The zero-order chi connectivity index (χ0) is 24.2. The largest absolute Gasteiger partial charge is 0.490 e. The van der Waals surface area contributed by atoms with Gasteiger partial charge in [-0.1, -0.05) is 110 Å². The molecule has 0 atom stereocenters. The van der Waals surface area contributed by atoms with E-state index in [0.717, 1.165) is 31.1 Å². The van der Waals surface area contributed by atoms with E-state index in [-0.39, 0.29) is 5.75 Å². The average Bonchev–Trinajstić information content (AvgIpc) is 2.86. The van der Waals surface area contributed by atoms with Crippen molar-refractivity contribution in [3.05, 3.63) is 29.3 Å². The van der Waals surface area contributed by atoms with E-state index in [4.69, 9.17) is 4.74 Å². The highest BCUT2D eigenvalue weighted by Gasteiger charge is 2.24. The summed E-state index contributed by atoms with van der Waals surface area (Å²) < 4.78 is 35.3. The second kappa shape index (κ2) is 15.1. The average molecular weight is 477 g/mol. The predicted octanol–water partition coefficient (Wildman–Crippen LogP) is 10.0. The topological polar surface area (TPSA) is 9.23 Å². The van der Waals surface area contributed by atoms with Crippen LogP contribution in [0.15, 0.2) is 12.1 Å². The van der Waals surface area contributed by atoms with E-state index in [2.05, 4.69) is 13.8 Å². The van der Waals surface area contributed by atoms with Crippen LogP contribution in [0.4, 0.5) is 8.78 Å². The van der Waals surface area contributed by atoms with E-state index in [9.17, 15) is 8.78 Å². The van der Waals surface area contributed by atoms with E-state index in [1.807, 2.05) is 0 Å². The summed E-state index contributed by atoms with van der Waals surface area (Å²) in [4.78, 5) is 0. The van der Waals surface area contributed by atoms with E-state index in [1.165, 1.54) is 89.9 Å². The van der Waals surface area contributed by atoms with Gasteiger partial charge in [-0.15, -0.1) is 0 Å². The van der Waals surface area contributed by atoms with Gasteiger partial charge in [-0.3, -0.25) is 0 Å². The second-order valence-electron chi connectivity index (χ2n) is 11.5. The van der Waals surface area contributed by atoms with E-state index in [0.29, 0.717) is 30.4 Å². The smallest absolute Gasteiger partial charge is 0.200 e. The first-order chi connectivity index (χ1) is 16.6. The van der Waals surface area contributed by atoms with Gasteiger partial charge in [0, 0.05) is 0 Å². The second-order valence-corrected chi connectivity index (χ2v) is 11.5. The van der Waals surface area contributed by atoms with E-state index < -0.39 is 11.6 Å². The van der Waals surface area contributed by atoms with Crippen molar-refractivity contribution in [3.63, 3.8) is 0 Å². The Hall–Kier alpha value is -1.12. The maximum Gasteiger partial charge on any atom is 0.200 e. The zero-order valence-corrected chi connectivity index (χ0v) is 22.1. The number of aryl methyl sites for hydroxylation is 1. The summed E-state index contributed by atoms with van der Waals surface area (Å²) in [6.45, 7) is 5.03. The lowest BCUT2D eigenvalue weighted by molar-refractivity contribution is 0.172. The fourth-order valence-corrected chi connectivity index (χ4v) is 6.31. The summed E-state index contributed by atoms with van der Waals surface area (Å²) in [5, 5.41) is 0. The molecule has 3 rings (SSSR count). The molecule has 2 aliphatic rings. The third kappa shape index (κ3) is 8.83. The minimum atomic E-state index is -0.787. The molecule has 0 spiro atoms. The summed E-state index contributed by atoms with van der Waals surface area (Å²) in [5.74, 6) is 1.51. The molecule has 0 N–H and O–H groups in total. The SMILES string of the molecule is CCCCCC1CCC(COc2ccc(CC[C@H]3CC[C@H](CCCCC)CC3)c(F)c2F)CC1. The number of benzene rings is 1. The minimum Gasteiger partial charge on any atom is -0.490 e. The summed E-state index contributed by atoms with van der Waals surface area (Å²) in [6.07, 6.45) is 22.3. The fraction of sp³-hybridized carbons (Fsp3) is 0.806. The van der Waals surface area contributed by atoms with Crippen LogP contribution in [0.2, 0.25) is 0 Å². The third-order valence-corrected chi connectivity index (χ3v) is 8.79. The van der Waals surface area contributed by atoms with Gasteiger partial charge in [0.2, 0.25) is 5.82 Å². The molecule has 2 aliphatic carbocycles. The molecule has 0 saturated heterocycles. The molecule has 0 amide bonds. The number of ether oxygens (including phenoxy) is 1. The first kappa shape index (κ1) is 27.5. The van der Waals surface area contributed by atoms with E-state index in [1.54, 1.807) is 12.1 Å². The number of unbranched alkanes of at least 4 members (excludes halogenated alkanes) is 4. The van der Waals surface area contributed by atoms with Gasteiger partial charge in [0.05, 0.1) is 6.61 Å². The lowest BCUT2D eigenvalue weighted by atomic mass is 9.78. The molecule has 0 heterocycles. The Morgan fingerprint density at radius 1 is 0.647 bits per heavy atom. The third-order valence-electron chi connectivity index (χ3n) is 8.79. The van der Waals surface area contributed by atoms with Crippen molar-refractivity contribution >= 4 is 0 Å².